The van der Waals surface area contributed by atoms with E-state index in [0.29, 0.717) is 0 Å². The molecule has 14 nitrogen and oxygen atoms in total. The number of hydrogen-bond donors (Lipinski definition) is 2. The van der Waals surface area contributed by atoms with Crippen molar-refractivity contribution in [2.24, 2.45) is 5.41 Å². The summed E-state index contributed by atoms with van der Waals surface area (Å²) in [4.78, 5) is 49.8. The zero-order valence-electron chi connectivity index (χ0n) is 19.9. The minimum absolute atomic E-state index is 0.128. The second-order valence-corrected chi connectivity index (χ2v) is 10.5. The Morgan fingerprint density at radius 3 is 2.69 bits per heavy atom. The van der Waals surface area contributed by atoms with Crippen LogP contribution in [0.1, 0.15) is 33.4 Å². The van der Waals surface area contributed by atoms with Gasteiger partial charge in [-0.05, 0) is 20.8 Å². The molecule has 1 spiro atoms. The molecule has 7 atom stereocenters. The lowest BCUT2D eigenvalue weighted by Crippen LogP contribution is -2.44. The Morgan fingerprint density at radius 2 is 2.08 bits per heavy atom. The van der Waals surface area contributed by atoms with Crippen LogP contribution in [0.15, 0.2) is 21.9 Å². The summed E-state index contributed by atoms with van der Waals surface area (Å²) in [5.41, 5.74) is -4.01. The molecule has 196 valence electrons. The number of nitrogens with zero attached hydrogens (tertiary/aromatic N) is 1. The smallest absolute Gasteiger partial charge is 0.461 e. The van der Waals surface area contributed by atoms with Crippen molar-refractivity contribution in [2.75, 3.05) is 13.7 Å². The van der Waals surface area contributed by atoms with Crippen LogP contribution in [0.5, 0.6) is 0 Å². The number of amides is 1. The number of terminal acetylenes is 1. The molecule has 1 aromatic rings. The van der Waals surface area contributed by atoms with E-state index in [2.05, 4.69) is 21.0 Å². The van der Waals surface area contributed by atoms with Crippen molar-refractivity contribution < 1.29 is 41.9 Å². The van der Waals surface area contributed by atoms with Gasteiger partial charge in [-0.25, -0.2) is 18.9 Å². The van der Waals surface area contributed by atoms with Gasteiger partial charge in [-0.3, -0.25) is 27.9 Å². The topological polar surface area (TPSA) is 173 Å². The minimum atomic E-state index is -4.16. The Labute approximate surface area is 205 Å². The molecule has 1 unspecified atom stereocenters. The summed E-state index contributed by atoms with van der Waals surface area (Å²) >= 11 is 0. The summed E-state index contributed by atoms with van der Waals surface area (Å²) < 4.78 is 46.6. The number of fused-ring (bicyclic) bond motifs is 1. The number of aromatic nitrogens is 2. The minimum Gasteiger partial charge on any atom is -0.461 e. The lowest BCUT2D eigenvalue weighted by Gasteiger charge is -2.32. The lowest BCUT2D eigenvalue weighted by molar-refractivity contribution is -0.150. The Bertz CT molecular complexity index is 1270. The van der Waals surface area contributed by atoms with Gasteiger partial charge >= 0.3 is 25.6 Å². The van der Waals surface area contributed by atoms with E-state index < -0.39 is 72.7 Å². The number of methoxy groups -OCH3 is 1. The highest BCUT2D eigenvalue weighted by Crippen LogP contribution is 2.79. The van der Waals surface area contributed by atoms with Crippen molar-refractivity contribution in [3.05, 3.63) is 33.1 Å². The van der Waals surface area contributed by atoms with Gasteiger partial charge in [0.25, 0.3) is 5.56 Å². The van der Waals surface area contributed by atoms with E-state index in [9.17, 15) is 23.7 Å². The second-order valence-electron chi connectivity index (χ2n) is 8.93. The molecule has 0 bridgehead atoms. The molecule has 36 heavy (non-hydrogen) atoms. The van der Waals surface area contributed by atoms with Gasteiger partial charge in [0.05, 0.1) is 19.8 Å². The van der Waals surface area contributed by atoms with Gasteiger partial charge in [-0.15, -0.1) is 6.42 Å². The maximum absolute atomic E-state index is 13.2. The number of hydrogen-bond acceptors (Lipinski definition) is 11. The van der Waals surface area contributed by atoms with E-state index in [-0.39, 0.29) is 13.0 Å². The van der Waals surface area contributed by atoms with Crippen molar-refractivity contribution in [3.8, 4) is 12.3 Å². The SMILES string of the molecule is C#C[C@@]1(C)[C@H](n2ccc(=O)[nH]c2=O)O[C@@H]2C3O[P@@](=O)(OCC[C@H](NC(=O)OC)C(=O)OC(C)C)O[C@]321. The second kappa shape index (κ2) is 9.17. The van der Waals surface area contributed by atoms with E-state index in [1.165, 1.54) is 6.20 Å². The summed E-state index contributed by atoms with van der Waals surface area (Å²) in [6.45, 7) is 4.56. The number of phosphoric acid groups is 1. The van der Waals surface area contributed by atoms with Crippen LogP contribution in [0, 0.1) is 17.8 Å². The Kier molecular flexibility index (Phi) is 6.65. The first-order chi connectivity index (χ1) is 16.9. The summed E-state index contributed by atoms with van der Waals surface area (Å²) in [5, 5.41) is 2.33. The summed E-state index contributed by atoms with van der Waals surface area (Å²) in [6.07, 6.45) is 3.04. The molecule has 0 radical (unpaired) electrons. The standard InChI is InChI=1S/C21H26N3O11P/c1-6-20(4)17(24-9-7-13(25)23-18(24)27)33-14-15-21(14,20)35-36(29,34-15)31-10-8-12(22-19(28)30-5)16(26)32-11(2)3/h1,7,9,11-12,14-15,17H,8,10H2,2-5H3,(H,22,28)(H,23,25,27)/t12-,14+,15?,17+,20-,21-,36+/m0/s1. The van der Waals surface area contributed by atoms with E-state index in [1.54, 1.807) is 20.8 Å². The molecule has 1 amide bonds. The number of alkyl carbamates (subject to hydrolysis) is 1. The fraction of sp³-hybridized carbons (Fsp3) is 0.619. The molecular weight excluding hydrogens is 501 g/mol. The Morgan fingerprint density at radius 1 is 1.36 bits per heavy atom. The van der Waals surface area contributed by atoms with Crippen LogP contribution in [0.3, 0.4) is 0 Å². The molecule has 3 aliphatic rings. The molecule has 4 rings (SSSR count). The molecule has 3 heterocycles. The zero-order chi connectivity index (χ0) is 26.5. The van der Waals surface area contributed by atoms with Gasteiger partial charge in [0.15, 0.2) is 11.8 Å². The predicted molar refractivity (Wildman–Crippen MR) is 120 cm³/mol. The highest BCUT2D eigenvalue weighted by atomic mass is 31.2. The Balaban J connectivity index is 1.46. The first kappa shape index (κ1) is 26.1. The van der Waals surface area contributed by atoms with Crippen molar-refractivity contribution in [1.82, 2.24) is 14.9 Å². The van der Waals surface area contributed by atoms with Crippen LogP contribution in [-0.4, -0.2) is 65.3 Å². The summed E-state index contributed by atoms with van der Waals surface area (Å²) in [6, 6.07) is 0.000857. The van der Waals surface area contributed by atoms with Gasteiger partial charge in [-0.1, -0.05) is 5.92 Å². The number of rotatable bonds is 8. The predicted octanol–water partition coefficient (Wildman–Crippen LogP) is 0.432. The van der Waals surface area contributed by atoms with Crippen LogP contribution < -0.4 is 16.6 Å². The number of nitrogens with one attached hydrogen (secondary N) is 2. The first-order valence-corrected chi connectivity index (χ1v) is 12.5. The lowest BCUT2D eigenvalue weighted by atomic mass is 9.81. The zero-order valence-corrected chi connectivity index (χ0v) is 20.8. The highest BCUT2D eigenvalue weighted by Gasteiger charge is 2.90. The number of phosphoric ester groups is 1. The third-order valence-electron chi connectivity index (χ3n) is 6.27. The molecule has 2 saturated heterocycles. The maximum Gasteiger partial charge on any atom is 0.476 e. The Hall–Kier alpha value is -2.95. The van der Waals surface area contributed by atoms with E-state index in [1.807, 2.05) is 0 Å². The number of carbonyl (C=O) groups is 2. The summed E-state index contributed by atoms with van der Waals surface area (Å²) in [7, 11) is -3.02. The molecule has 15 heteroatoms. The molecular formula is C21H26N3O11P. The van der Waals surface area contributed by atoms with Crippen LogP contribution in [0.2, 0.25) is 0 Å². The number of ether oxygens (including phenoxy) is 3. The quantitative estimate of drug-likeness (QED) is 0.273. The number of esters is 1. The third-order valence-corrected chi connectivity index (χ3v) is 7.78. The molecule has 2 N–H and O–H groups in total. The van der Waals surface area contributed by atoms with Gasteiger partial charge in [0, 0.05) is 18.7 Å². The van der Waals surface area contributed by atoms with E-state index >= 15 is 0 Å². The molecule has 1 aromatic heterocycles. The fourth-order valence-corrected chi connectivity index (χ4v) is 6.26. The first-order valence-electron chi connectivity index (χ1n) is 11.0. The van der Waals surface area contributed by atoms with Crippen molar-refractivity contribution in [3.63, 3.8) is 0 Å². The molecule has 0 aromatic carbocycles. The van der Waals surface area contributed by atoms with Crippen LogP contribution in [0.25, 0.3) is 0 Å². The number of aromatic amines is 1. The maximum atomic E-state index is 13.2. The monoisotopic (exact) mass is 527 g/mol. The summed E-state index contributed by atoms with van der Waals surface area (Å²) in [5.74, 6) is 1.85. The average molecular weight is 527 g/mol. The molecule has 1 aliphatic carbocycles. The van der Waals surface area contributed by atoms with Gasteiger partial charge in [-0.2, -0.15) is 0 Å². The highest BCUT2D eigenvalue weighted by molar-refractivity contribution is 7.48. The average Bonchev–Trinajstić information content (AvgIpc) is 3.11. The fourth-order valence-electron chi connectivity index (χ4n) is 4.46. The van der Waals surface area contributed by atoms with Gasteiger partial charge in [0.2, 0.25) is 0 Å². The molecule has 3 fully saturated rings. The van der Waals surface area contributed by atoms with Crippen molar-refractivity contribution in [1.29, 1.82) is 0 Å². The number of H-pyrrole nitrogens is 1. The van der Waals surface area contributed by atoms with Crippen molar-refractivity contribution >= 4 is 19.9 Å². The number of carbonyl (C=O) groups excluding carboxylic acids is 2. The largest absolute Gasteiger partial charge is 0.476 e. The third kappa shape index (κ3) is 4.16. The molecule has 1 saturated carbocycles. The van der Waals surface area contributed by atoms with Crippen LogP contribution >= 0.6 is 7.82 Å². The van der Waals surface area contributed by atoms with Crippen molar-refractivity contribution in [2.45, 2.75) is 63.4 Å². The van der Waals surface area contributed by atoms with Crippen LogP contribution in [0.4, 0.5) is 4.79 Å². The van der Waals surface area contributed by atoms with E-state index in [0.717, 1.165) is 17.7 Å². The van der Waals surface area contributed by atoms with Crippen LogP contribution in [-0.2, 0) is 37.1 Å². The molecule has 2 aliphatic heterocycles. The van der Waals surface area contributed by atoms with E-state index in [4.69, 9.17) is 29.5 Å². The van der Waals surface area contributed by atoms with Gasteiger partial charge < -0.3 is 19.5 Å². The van der Waals surface area contributed by atoms with Gasteiger partial charge in [0.1, 0.15) is 23.7 Å². The normalized spacial score (nSPS) is 34.8.